The molecule has 108 valence electrons. The van der Waals surface area contributed by atoms with Crippen molar-refractivity contribution in [2.45, 2.75) is 19.4 Å². The van der Waals surface area contributed by atoms with E-state index in [1.165, 1.54) is 6.20 Å². The molecule has 1 aliphatic heterocycles. The zero-order chi connectivity index (χ0) is 14.9. The lowest BCUT2D eigenvalue weighted by Crippen LogP contribution is -2.63. The van der Waals surface area contributed by atoms with E-state index in [1.807, 2.05) is 0 Å². The van der Waals surface area contributed by atoms with Crippen LogP contribution in [-0.2, 0) is 4.79 Å². The number of nitrogen functional groups attached to an aromatic ring is 1. The number of pyridine rings is 1. The third-order valence-electron chi connectivity index (χ3n) is 3.66. The molecule has 0 aliphatic carbocycles. The van der Waals surface area contributed by atoms with Crippen LogP contribution in [-0.4, -0.2) is 52.3 Å². The number of carbonyl (C=O) groups excluding carboxylic acids is 2. The van der Waals surface area contributed by atoms with Gasteiger partial charge in [-0.3, -0.25) is 20.4 Å². The molecule has 2 amide bonds. The van der Waals surface area contributed by atoms with Crippen LogP contribution in [0.25, 0.3) is 0 Å². The lowest BCUT2D eigenvalue weighted by molar-refractivity contribution is -0.144. The number of carbonyl (C=O) groups is 2. The van der Waals surface area contributed by atoms with Crippen LogP contribution in [0.4, 0.5) is 5.69 Å². The number of piperazine rings is 1. The first-order chi connectivity index (χ1) is 9.39. The minimum Gasteiger partial charge on any atom is -0.342 e. The van der Waals surface area contributed by atoms with Gasteiger partial charge >= 0.3 is 0 Å². The van der Waals surface area contributed by atoms with Crippen molar-refractivity contribution in [3.05, 3.63) is 24.0 Å². The summed E-state index contributed by atoms with van der Waals surface area (Å²) < 4.78 is 0. The average molecular weight is 277 g/mol. The molecule has 1 aromatic rings. The van der Waals surface area contributed by atoms with Crippen LogP contribution in [0.5, 0.6) is 0 Å². The summed E-state index contributed by atoms with van der Waals surface area (Å²) in [7, 11) is 1.74. The minimum absolute atomic E-state index is 0.0803. The molecule has 2 rings (SSSR count). The van der Waals surface area contributed by atoms with Gasteiger partial charge in [0.25, 0.3) is 5.91 Å². The van der Waals surface area contributed by atoms with Crippen molar-refractivity contribution in [1.82, 2.24) is 14.8 Å². The summed E-state index contributed by atoms with van der Waals surface area (Å²) in [5.74, 6) is 5.08. The predicted molar refractivity (Wildman–Crippen MR) is 74.8 cm³/mol. The summed E-state index contributed by atoms with van der Waals surface area (Å²) in [6.07, 6.45) is 3.00. The zero-order valence-corrected chi connectivity index (χ0v) is 11.9. The number of rotatable bonds is 2. The Morgan fingerprint density at radius 1 is 1.45 bits per heavy atom. The summed E-state index contributed by atoms with van der Waals surface area (Å²) in [4.78, 5) is 32.0. The second-order valence-corrected chi connectivity index (χ2v) is 5.31. The Morgan fingerprint density at radius 3 is 2.80 bits per heavy atom. The maximum Gasteiger partial charge on any atom is 0.258 e. The van der Waals surface area contributed by atoms with Gasteiger partial charge in [0.2, 0.25) is 5.91 Å². The Balaban J connectivity index is 2.36. The first-order valence-corrected chi connectivity index (χ1v) is 6.37. The molecule has 0 aromatic carbocycles. The molecule has 0 spiro atoms. The van der Waals surface area contributed by atoms with Crippen LogP contribution in [0, 0.1) is 0 Å². The number of hydrogen-bond acceptors (Lipinski definition) is 5. The van der Waals surface area contributed by atoms with Crippen molar-refractivity contribution < 1.29 is 9.59 Å². The number of hydrogen-bond donors (Lipinski definition) is 2. The maximum atomic E-state index is 12.7. The second-order valence-electron chi connectivity index (χ2n) is 5.31. The number of nitrogens with one attached hydrogen (secondary N) is 1. The fourth-order valence-corrected chi connectivity index (χ4v) is 2.41. The number of hydrazine groups is 1. The van der Waals surface area contributed by atoms with E-state index >= 15 is 0 Å². The lowest BCUT2D eigenvalue weighted by atomic mass is 9.96. The Hall–Kier alpha value is -2.15. The number of nitrogens with zero attached hydrogens (tertiary/aromatic N) is 3. The van der Waals surface area contributed by atoms with Crippen molar-refractivity contribution in [2.75, 3.05) is 25.6 Å². The van der Waals surface area contributed by atoms with E-state index in [0.29, 0.717) is 24.3 Å². The van der Waals surface area contributed by atoms with Gasteiger partial charge in [0.05, 0.1) is 11.3 Å². The zero-order valence-electron chi connectivity index (χ0n) is 11.9. The number of nitrogens with two attached hydrogens (primary N) is 1. The van der Waals surface area contributed by atoms with Crippen molar-refractivity contribution in [3.63, 3.8) is 0 Å². The monoisotopic (exact) mass is 277 g/mol. The molecule has 0 atom stereocenters. The van der Waals surface area contributed by atoms with Gasteiger partial charge in [-0.05, 0) is 19.9 Å². The predicted octanol–water partition coefficient (Wildman–Crippen LogP) is 0.0600. The summed E-state index contributed by atoms with van der Waals surface area (Å²) in [5.41, 5.74) is 2.45. The molecule has 7 heteroatoms. The molecule has 7 nitrogen and oxygen atoms in total. The summed E-state index contributed by atoms with van der Waals surface area (Å²) in [6, 6.07) is 1.62. The Morgan fingerprint density at radius 2 is 2.15 bits per heavy atom. The van der Waals surface area contributed by atoms with E-state index in [4.69, 9.17) is 5.84 Å². The summed E-state index contributed by atoms with van der Waals surface area (Å²) in [6.45, 7) is 4.48. The molecule has 0 unspecified atom stereocenters. The number of likely N-dealkylation sites (N-methyl/N-ethyl adjacent to an activating group) is 1. The van der Waals surface area contributed by atoms with Crippen LogP contribution in [0.3, 0.4) is 0 Å². The molecule has 1 aromatic heterocycles. The highest BCUT2D eigenvalue weighted by atomic mass is 16.2. The Bertz CT molecular complexity index is 543. The molecule has 20 heavy (non-hydrogen) atoms. The van der Waals surface area contributed by atoms with Gasteiger partial charge in [-0.25, -0.2) is 0 Å². The topological polar surface area (TPSA) is 91.6 Å². The van der Waals surface area contributed by atoms with Gasteiger partial charge in [-0.1, -0.05) is 0 Å². The average Bonchev–Trinajstić information content (AvgIpc) is 2.44. The first-order valence-electron chi connectivity index (χ1n) is 6.37. The summed E-state index contributed by atoms with van der Waals surface area (Å²) in [5, 5.41) is 0. The van der Waals surface area contributed by atoms with E-state index in [2.05, 4.69) is 10.4 Å². The summed E-state index contributed by atoms with van der Waals surface area (Å²) >= 11 is 0. The largest absolute Gasteiger partial charge is 0.342 e. The number of anilines is 1. The molecule has 1 saturated heterocycles. The van der Waals surface area contributed by atoms with Gasteiger partial charge in [0.15, 0.2) is 0 Å². The smallest absolute Gasteiger partial charge is 0.258 e. The van der Waals surface area contributed by atoms with Gasteiger partial charge in [-0.2, -0.15) is 0 Å². The van der Waals surface area contributed by atoms with Crippen LogP contribution in [0.15, 0.2) is 18.5 Å². The minimum atomic E-state index is -0.883. The fraction of sp³-hybridized carbons (Fsp3) is 0.462. The van der Waals surface area contributed by atoms with Gasteiger partial charge in [0.1, 0.15) is 5.54 Å². The molecule has 3 N–H and O–H groups in total. The van der Waals surface area contributed by atoms with Crippen molar-refractivity contribution in [1.29, 1.82) is 0 Å². The van der Waals surface area contributed by atoms with E-state index in [1.54, 1.807) is 43.0 Å². The molecule has 0 radical (unpaired) electrons. The van der Waals surface area contributed by atoms with Crippen molar-refractivity contribution >= 4 is 17.5 Å². The molecule has 1 aliphatic rings. The van der Waals surface area contributed by atoms with Crippen LogP contribution in [0.1, 0.15) is 24.2 Å². The normalized spacial score (nSPS) is 18.1. The number of aromatic nitrogens is 1. The third kappa shape index (κ3) is 2.20. The maximum absolute atomic E-state index is 12.7. The fourth-order valence-electron chi connectivity index (χ4n) is 2.41. The molecule has 0 bridgehead atoms. The van der Waals surface area contributed by atoms with Gasteiger partial charge < -0.3 is 15.2 Å². The SMILES string of the molecule is CN1CCN(C(=O)c2cnccc2NN)C(C)(C)C1=O. The van der Waals surface area contributed by atoms with Crippen LogP contribution in [0.2, 0.25) is 0 Å². The molecule has 2 heterocycles. The Kier molecular flexibility index (Phi) is 3.63. The molecular formula is C13H19N5O2. The van der Waals surface area contributed by atoms with Crippen LogP contribution >= 0.6 is 0 Å². The first kappa shape index (κ1) is 14.3. The van der Waals surface area contributed by atoms with Gasteiger partial charge in [-0.15, -0.1) is 0 Å². The highest BCUT2D eigenvalue weighted by Crippen LogP contribution is 2.25. The standard InChI is InChI=1S/C13H19N5O2/c1-13(2)12(20)17(3)6-7-18(13)11(19)9-8-15-5-4-10(9)16-14/h4-5,8H,6-7,14H2,1-3H3,(H,15,16). The lowest BCUT2D eigenvalue weighted by Gasteiger charge is -2.44. The highest BCUT2D eigenvalue weighted by Gasteiger charge is 2.43. The quantitative estimate of drug-likeness (QED) is 0.589. The van der Waals surface area contributed by atoms with E-state index in [9.17, 15) is 9.59 Å². The van der Waals surface area contributed by atoms with E-state index < -0.39 is 5.54 Å². The molecular weight excluding hydrogens is 258 g/mol. The Labute approximate surface area is 117 Å². The molecule has 0 saturated carbocycles. The van der Waals surface area contributed by atoms with Crippen molar-refractivity contribution in [3.8, 4) is 0 Å². The third-order valence-corrected chi connectivity index (χ3v) is 3.66. The van der Waals surface area contributed by atoms with Gasteiger partial charge in [0, 0.05) is 32.5 Å². The van der Waals surface area contributed by atoms with E-state index in [0.717, 1.165) is 0 Å². The number of amides is 2. The molecule has 1 fully saturated rings. The second kappa shape index (κ2) is 5.09. The van der Waals surface area contributed by atoms with Crippen molar-refractivity contribution in [2.24, 2.45) is 5.84 Å². The highest BCUT2D eigenvalue weighted by molar-refractivity contribution is 6.02. The van der Waals surface area contributed by atoms with E-state index in [-0.39, 0.29) is 11.8 Å². The van der Waals surface area contributed by atoms with Crippen LogP contribution < -0.4 is 11.3 Å².